The van der Waals surface area contributed by atoms with Gasteiger partial charge >= 0.3 is 5.97 Å². The second kappa shape index (κ2) is 6.68. The van der Waals surface area contributed by atoms with Gasteiger partial charge in [-0.3, -0.25) is 4.72 Å². The molecule has 0 fully saturated rings. The van der Waals surface area contributed by atoms with Gasteiger partial charge in [-0.05, 0) is 57.9 Å². The number of aromatic nitrogens is 1. The van der Waals surface area contributed by atoms with Crippen LogP contribution in [0.1, 0.15) is 39.8 Å². The number of nitrogens with one attached hydrogen (secondary N) is 2. The molecule has 0 aliphatic rings. The lowest BCUT2D eigenvalue weighted by molar-refractivity contribution is 0.0519. The van der Waals surface area contributed by atoms with Crippen LogP contribution in [-0.2, 0) is 14.8 Å². The number of anilines is 1. The maximum absolute atomic E-state index is 12.8. The van der Waals surface area contributed by atoms with Crippen molar-refractivity contribution in [2.45, 2.75) is 39.5 Å². The smallest absolute Gasteiger partial charge is 0.355 e. The SMILES string of the molecule is CCOC(=O)c1[nH]c(C)c(S(=O)(=O)Nc2cc(C)cc(C)c2)c1C. The van der Waals surface area contributed by atoms with Crippen molar-refractivity contribution in [2.75, 3.05) is 11.3 Å². The van der Waals surface area contributed by atoms with Crippen molar-refractivity contribution in [1.82, 2.24) is 4.98 Å². The van der Waals surface area contributed by atoms with Crippen molar-refractivity contribution in [1.29, 1.82) is 0 Å². The zero-order chi connectivity index (χ0) is 18.1. The molecule has 0 aliphatic heterocycles. The summed E-state index contributed by atoms with van der Waals surface area (Å²) in [5, 5.41) is 0. The number of esters is 1. The van der Waals surface area contributed by atoms with Crippen LogP contribution in [0.3, 0.4) is 0 Å². The van der Waals surface area contributed by atoms with E-state index >= 15 is 0 Å². The number of carbonyl (C=O) groups is 1. The Morgan fingerprint density at radius 1 is 1.12 bits per heavy atom. The molecule has 0 spiro atoms. The highest BCUT2D eigenvalue weighted by atomic mass is 32.2. The first-order valence-corrected chi connectivity index (χ1v) is 9.11. The molecule has 0 radical (unpaired) electrons. The number of carbonyl (C=O) groups excluding carboxylic acids is 1. The van der Waals surface area contributed by atoms with Crippen LogP contribution in [0.25, 0.3) is 0 Å². The van der Waals surface area contributed by atoms with E-state index in [9.17, 15) is 13.2 Å². The normalized spacial score (nSPS) is 11.4. The summed E-state index contributed by atoms with van der Waals surface area (Å²) >= 11 is 0. The lowest BCUT2D eigenvalue weighted by atomic mass is 10.1. The molecule has 2 aromatic rings. The third kappa shape index (κ3) is 3.62. The minimum atomic E-state index is -3.82. The molecule has 0 atom stereocenters. The van der Waals surface area contributed by atoms with Gasteiger partial charge in [0.2, 0.25) is 0 Å². The van der Waals surface area contributed by atoms with Crippen molar-refractivity contribution in [3.8, 4) is 0 Å². The van der Waals surface area contributed by atoms with Gasteiger partial charge in [-0.15, -0.1) is 0 Å². The first-order valence-electron chi connectivity index (χ1n) is 7.63. The quantitative estimate of drug-likeness (QED) is 0.810. The first kappa shape index (κ1) is 18.1. The molecule has 6 nitrogen and oxygen atoms in total. The van der Waals surface area contributed by atoms with Gasteiger partial charge in [0.05, 0.1) is 6.61 Å². The number of hydrogen-bond acceptors (Lipinski definition) is 4. The predicted octanol–water partition coefficient (Wildman–Crippen LogP) is 3.23. The molecule has 0 saturated carbocycles. The summed E-state index contributed by atoms with van der Waals surface area (Å²) in [6.07, 6.45) is 0. The van der Waals surface area contributed by atoms with E-state index < -0.39 is 16.0 Å². The molecule has 1 heterocycles. The topological polar surface area (TPSA) is 88.3 Å². The fraction of sp³-hybridized carbons (Fsp3) is 0.353. The van der Waals surface area contributed by atoms with Gasteiger partial charge in [0.1, 0.15) is 10.6 Å². The van der Waals surface area contributed by atoms with Crippen LogP contribution in [0.5, 0.6) is 0 Å². The van der Waals surface area contributed by atoms with E-state index in [0.717, 1.165) is 11.1 Å². The number of aryl methyl sites for hydroxylation is 3. The van der Waals surface area contributed by atoms with Crippen molar-refractivity contribution < 1.29 is 17.9 Å². The van der Waals surface area contributed by atoms with Crippen molar-refractivity contribution >= 4 is 21.7 Å². The van der Waals surface area contributed by atoms with Gasteiger partial charge in [0.25, 0.3) is 10.0 Å². The number of benzene rings is 1. The summed E-state index contributed by atoms with van der Waals surface area (Å²) in [5.74, 6) is -0.564. The van der Waals surface area contributed by atoms with Gasteiger partial charge in [0, 0.05) is 16.9 Å². The van der Waals surface area contributed by atoms with Gasteiger partial charge in [-0.1, -0.05) is 6.07 Å². The summed E-state index contributed by atoms with van der Waals surface area (Å²) in [4.78, 5) is 14.8. The van der Waals surface area contributed by atoms with Crippen LogP contribution >= 0.6 is 0 Å². The Bertz CT molecular complexity index is 862. The third-order valence-electron chi connectivity index (χ3n) is 3.59. The third-order valence-corrected chi connectivity index (χ3v) is 5.25. The van der Waals surface area contributed by atoms with E-state index in [1.54, 1.807) is 32.9 Å². The Labute approximate surface area is 142 Å². The van der Waals surface area contributed by atoms with Crippen molar-refractivity contribution in [3.05, 3.63) is 46.3 Å². The molecule has 2 rings (SSSR count). The molecule has 2 N–H and O–H groups in total. The summed E-state index contributed by atoms with van der Waals surface area (Å²) in [6, 6.07) is 5.48. The lowest BCUT2D eigenvalue weighted by Gasteiger charge is -2.10. The minimum Gasteiger partial charge on any atom is -0.461 e. The van der Waals surface area contributed by atoms with E-state index in [-0.39, 0.29) is 17.2 Å². The molecule has 130 valence electrons. The Balaban J connectivity index is 2.44. The average Bonchev–Trinajstić information content (AvgIpc) is 2.73. The molecule has 0 saturated heterocycles. The summed E-state index contributed by atoms with van der Waals surface area (Å²) in [7, 11) is -3.82. The highest BCUT2D eigenvalue weighted by molar-refractivity contribution is 7.92. The highest BCUT2D eigenvalue weighted by Crippen LogP contribution is 2.26. The van der Waals surface area contributed by atoms with Gasteiger partial charge < -0.3 is 9.72 Å². The fourth-order valence-corrected chi connectivity index (χ4v) is 4.27. The molecule has 0 amide bonds. The molecule has 24 heavy (non-hydrogen) atoms. The van der Waals surface area contributed by atoms with E-state index in [4.69, 9.17) is 4.74 Å². The second-order valence-corrected chi connectivity index (χ2v) is 7.40. The number of ether oxygens (including phenoxy) is 1. The summed E-state index contributed by atoms with van der Waals surface area (Å²) in [5.41, 5.74) is 3.32. The number of sulfonamides is 1. The second-order valence-electron chi connectivity index (χ2n) is 5.78. The van der Waals surface area contributed by atoms with E-state index in [1.165, 1.54) is 0 Å². The molecule has 7 heteroatoms. The monoisotopic (exact) mass is 350 g/mol. The minimum absolute atomic E-state index is 0.0738. The maximum Gasteiger partial charge on any atom is 0.355 e. The predicted molar refractivity (Wildman–Crippen MR) is 92.9 cm³/mol. The molecule has 1 aromatic heterocycles. The largest absolute Gasteiger partial charge is 0.461 e. The van der Waals surface area contributed by atoms with Crippen LogP contribution in [0.15, 0.2) is 23.1 Å². The number of hydrogen-bond donors (Lipinski definition) is 2. The molecule has 0 unspecified atom stereocenters. The zero-order valence-electron chi connectivity index (χ0n) is 14.5. The van der Waals surface area contributed by atoms with E-state index in [0.29, 0.717) is 16.9 Å². The van der Waals surface area contributed by atoms with Crippen LogP contribution < -0.4 is 4.72 Å². The van der Waals surface area contributed by atoms with Crippen molar-refractivity contribution in [2.24, 2.45) is 0 Å². The molecule has 1 aromatic carbocycles. The first-order chi connectivity index (χ1) is 11.2. The van der Waals surface area contributed by atoms with Crippen LogP contribution in [0.4, 0.5) is 5.69 Å². The molecule has 0 bridgehead atoms. The van der Waals surface area contributed by atoms with E-state index in [2.05, 4.69) is 9.71 Å². The Morgan fingerprint density at radius 3 is 2.25 bits per heavy atom. The summed E-state index contributed by atoms with van der Waals surface area (Å²) in [6.45, 7) is 8.92. The highest BCUT2D eigenvalue weighted by Gasteiger charge is 2.27. The van der Waals surface area contributed by atoms with E-state index in [1.807, 2.05) is 19.9 Å². The number of H-pyrrole nitrogens is 1. The van der Waals surface area contributed by atoms with Gasteiger partial charge in [-0.2, -0.15) is 0 Å². The van der Waals surface area contributed by atoms with Gasteiger partial charge in [-0.25, -0.2) is 13.2 Å². The standard InChI is InChI=1S/C17H22N2O4S/c1-6-23-17(20)15-12(4)16(13(5)18-15)24(21,22)19-14-8-10(2)7-11(3)9-14/h7-9,18-19H,6H2,1-5H3. The summed E-state index contributed by atoms with van der Waals surface area (Å²) < 4.78 is 33.1. The van der Waals surface area contributed by atoms with Gasteiger partial charge in [0.15, 0.2) is 0 Å². The average molecular weight is 350 g/mol. The number of rotatable bonds is 5. The van der Waals surface area contributed by atoms with Crippen LogP contribution in [-0.4, -0.2) is 26.0 Å². The Hall–Kier alpha value is -2.28. The maximum atomic E-state index is 12.8. The molecule has 0 aliphatic carbocycles. The van der Waals surface area contributed by atoms with Crippen LogP contribution in [0.2, 0.25) is 0 Å². The van der Waals surface area contributed by atoms with Crippen LogP contribution in [0, 0.1) is 27.7 Å². The Kier molecular flexibility index (Phi) is 5.03. The zero-order valence-corrected chi connectivity index (χ0v) is 15.3. The Morgan fingerprint density at radius 2 is 1.71 bits per heavy atom. The number of aromatic amines is 1. The molecular weight excluding hydrogens is 328 g/mol. The fourth-order valence-electron chi connectivity index (χ4n) is 2.78. The van der Waals surface area contributed by atoms with Crippen molar-refractivity contribution in [3.63, 3.8) is 0 Å². The lowest BCUT2D eigenvalue weighted by Crippen LogP contribution is -2.15. The molecular formula is C17H22N2O4S.